The van der Waals surface area contributed by atoms with Crippen LogP contribution in [0.3, 0.4) is 0 Å². The van der Waals surface area contributed by atoms with Gasteiger partial charge in [0.15, 0.2) is 0 Å². The Labute approximate surface area is 85.1 Å². The van der Waals surface area contributed by atoms with E-state index < -0.39 is 15.6 Å². The summed E-state index contributed by atoms with van der Waals surface area (Å²) in [7, 11) is -3.18. The molecule has 0 amide bonds. The fourth-order valence-electron chi connectivity index (χ4n) is 1.51. The molecule has 1 rings (SSSR count). The van der Waals surface area contributed by atoms with E-state index in [0.717, 1.165) is 0 Å². The summed E-state index contributed by atoms with van der Waals surface area (Å²) in [6.45, 7) is 3.09. The van der Waals surface area contributed by atoms with Gasteiger partial charge < -0.3 is 10.5 Å². The number of ether oxygens (including phenoxy) is 1. The van der Waals surface area contributed by atoms with Gasteiger partial charge in [0.05, 0.1) is 5.75 Å². The minimum Gasteiger partial charge on any atom is -0.381 e. The van der Waals surface area contributed by atoms with Crippen molar-refractivity contribution in [1.82, 2.24) is 4.72 Å². The molecule has 84 valence electrons. The lowest BCUT2D eigenvalue weighted by molar-refractivity contribution is 0.0502. The van der Waals surface area contributed by atoms with Crippen LogP contribution in [0.4, 0.5) is 0 Å². The molecule has 0 saturated carbocycles. The molecule has 1 fully saturated rings. The van der Waals surface area contributed by atoms with Crippen molar-refractivity contribution in [1.29, 1.82) is 0 Å². The Balaban J connectivity index is 2.70. The van der Waals surface area contributed by atoms with Crippen molar-refractivity contribution in [3.63, 3.8) is 0 Å². The first-order valence-corrected chi connectivity index (χ1v) is 6.48. The van der Waals surface area contributed by atoms with E-state index in [4.69, 9.17) is 10.5 Å². The van der Waals surface area contributed by atoms with E-state index in [-0.39, 0.29) is 5.75 Å². The first kappa shape index (κ1) is 11.9. The van der Waals surface area contributed by atoms with Crippen molar-refractivity contribution in [2.45, 2.75) is 25.3 Å². The summed E-state index contributed by atoms with van der Waals surface area (Å²) in [5.74, 6) is 0.0929. The zero-order valence-corrected chi connectivity index (χ0v) is 9.27. The van der Waals surface area contributed by atoms with Gasteiger partial charge in [-0.3, -0.25) is 0 Å². The zero-order chi connectivity index (χ0) is 10.7. The second-order valence-electron chi connectivity index (χ2n) is 3.60. The fraction of sp³-hybridized carbons (Fsp3) is 1.00. The second kappa shape index (κ2) is 4.57. The monoisotopic (exact) mass is 222 g/mol. The van der Waals surface area contributed by atoms with Crippen LogP contribution in [0.1, 0.15) is 19.8 Å². The maximum Gasteiger partial charge on any atom is 0.211 e. The van der Waals surface area contributed by atoms with Crippen LogP contribution < -0.4 is 10.5 Å². The summed E-state index contributed by atoms with van der Waals surface area (Å²) in [5, 5.41) is 0. The topological polar surface area (TPSA) is 81.4 Å². The molecule has 1 heterocycles. The fourth-order valence-corrected chi connectivity index (χ4v) is 2.60. The molecule has 0 aromatic rings. The molecular weight excluding hydrogens is 204 g/mol. The van der Waals surface area contributed by atoms with Crippen LogP contribution in [0.5, 0.6) is 0 Å². The molecule has 6 heteroatoms. The third-order valence-electron chi connectivity index (χ3n) is 2.59. The number of nitrogens with one attached hydrogen (secondary N) is 1. The second-order valence-corrected chi connectivity index (χ2v) is 5.61. The van der Waals surface area contributed by atoms with Crippen LogP contribution >= 0.6 is 0 Å². The maximum absolute atomic E-state index is 11.4. The predicted molar refractivity (Wildman–Crippen MR) is 54.4 cm³/mol. The van der Waals surface area contributed by atoms with Gasteiger partial charge in [-0.25, -0.2) is 13.1 Å². The number of nitrogens with two attached hydrogens (primary N) is 1. The first-order chi connectivity index (χ1) is 6.54. The van der Waals surface area contributed by atoms with Crippen molar-refractivity contribution in [3.8, 4) is 0 Å². The van der Waals surface area contributed by atoms with E-state index in [9.17, 15) is 8.42 Å². The molecule has 5 nitrogen and oxygen atoms in total. The quantitative estimate of drug-likeness (QED) is 0.667. The lowest BCUT2D eigenvalue weighted by Crippen LogP contribution is -2.56. The van der Waals surface area contributed by atoms with Crippen LogP contribution in [-0.4, -0.2) is 39.5 Å². The molecule has 1 aliphatic heterocycles. The van der Waals surface area contributed by atoms with Gasteiger partial charge in [-0.2, -0.15) is 0 Å². The summed E-state index contributed by atoms with van der Waals surface area (Å²) in [6, 6.07) is 0. The molecule has 0 spiro atoms. The summed E-state index contributed by atoms with van der Waals surface area (Å²) < 4.78 is 30.7. The maximum atomic E-state index is 11.4. The van der Waals surface area contributed by atoms with Crippen molar-refractivity contribution >= 4 is 10.0 Å². The Hall–Kier alpha value is -0.170. The molecule has 1 aliphatic rings. The van der Waals surface area contributed by atoms with Crippen LogP contribution in [0.25, 0.3) is 0 Å². The third-order valence-corrected chi connectivity index (χ3v) is 4.10. The molecule has 14 heavy (non-hydrogen) atoms. The molecule has 1 saturated heterocycles. The molecule has 0 atom stereocenters. The van der Waals surface area contributed by atoms with Crippen LogP contribution in [0, 0.1) is 0 Å². The van der Waals surface area contributed by atoms with Crippen molar-refractivity contribution < 1.29 is 13.2 Å². The van der Waals surface area contributed by atoms with Crippen molar-refractivity contribution in [2.75, 3.05) is 25.5 Å². The smallest absolute Gasteiger partial charge is 0.211 e. The molecule has 0 unspecified atom stereocenters. The minimum absolute atomic E-state index is 0.0929. The molecule has 0 aliphatic carbocycles. The number of sulfonamides is 1. The highest BCUT2D eigenvalue weighted by molar-refractivity contribution is 7.89. The standard InChI is InChI=1S/C8H18N2O3S/c1-2-14(11,12)10-8(7-9)3-5-13-6-4-8/h10H,2-7,9H2,1H3. The first-order valence-electron chi connectivity index (χ1n) is 4.83. The Morgan fingerprint density at radius 3 is 2.43 bits per heavy atom. The normalized spacial score (nSPS) is 22.1. The number of hydrogen-bond donors (Lipinski definition) is 2. The Morgan fingerprint density at radius 1 is 1.43 bits per heavy atom. The largest absolute Gasteiger partial charge is 0.381 e. The highest BCUT2D eigenvalue weighted by Gasteiger charge is 2.34. The molecule has 0 aromatic carbocycles. The molecular formula is C8H18N2O3S. The SMILES string of the molecule is CCS(=O)(=O)NC1(CN)CCOCC1. The summed E-state index contributed by atoms with van der Waals surface area (Å²) in [6.07, 6.45) is 1.31. The average Bonchev–Trinajstić information content (AvgIpc) is 2.19. The van der Waals surface area contributed by atoms with Crippen molar-refractivity contribution in [2.24, 2.45) is 5.73 Å². The van der Waals surface area contributed by atoms with E-state index in [1.54, 1.807) is 6.92 Å². The Bertz CT molecular complexity index is 270. The van der Waals surface area contributed by atoms with Gasteiger partial charge in [-0.15, -0.1) is 0 Å². The summed E-state index contributed by atoms with van der Waals surface area (Å²) in [4.78, 5) is 0. The molecule has 0 radical (unpaired) electrons. The van der Waals surface area contributed by atoms with Crippen LogP contribution in [0.2, 0.25) is 0 Å². The summed E-state index contributed by atoms with van der Waals surface area (Å²) >= 11 is 0. The van der Waals surface area contributed by atoms with Gasteiger partial charge in [0.2, 0.25) is 10.0 Å². The zero-order valence-electron chi connectivity index (χ0n) is 8.45. The van der Waals surface area contributed by atoms with Gasteiger partial charge in [0, 0.05) is 25.3 Å². The number of hydrogen-bond acceptors (Lipinski definition) is 4. The highest BCUT2D eigenvalue weighted by atomic mass is 32.2. The lowest BCUT2D eigenvalue weighted by Gasteiger charge is -2.36. The van der Waals surface area contributed by atoms with E-state index >= 15 is 0 Å². The molecule has 3 N–H and O–H groups in total. The Morgan fingerprint density at radius 2 is 2.00 bits per heavy atom. The van der Waals surface area contributed by atoms with E-state index in [1.807, 2.05) is 0 Å². The van der Waals surface area contributed by atoms with Crippen LogP contribution in [-0.2, 0) is 14.8 Å². The average molecular weight is 222 g/mol. The van der Waals surface area contributed by atoms with Crippen LogP contribution in [0.15, 0.2) is 0 Å². The van der Waals surface area contributed by atoms with Gasteiger partial charge in [-0.1, -0.05) is 0 Å². The minimum atomic E-state index is -3.18. The van der Waals surface area contributed by atoms with E-state index in [0.29, 0.717) is 32.6 Å². The highest BCUT2D eigenvalue weighted by Crippen LogP contribution is 2.20. The van der Waals surface area contributed by atoms with Crippen molar-refractivity contribution in [3.05, 3.63) is 0 Å². The predicted octanol–water partition coefficient (Wildman–Crippen LogP) is -0.566. The Kier molecular flexibility index (Phi) is 3.88. The van der Waals surface area contributed by atoms with Gasteiger partial charge in [0.1, 0.15) is 0 Å². The lowest BCUT2D eigenvalue weighted by atomic mass is 9.92. The molecule has 0 aromatic heterocycles. The van der Waals surface area contributed by atoms with Gasteiger partial charge in [-0.05, 0) is 19.8 Å². The number of rotatable bonds is 4. The van der Waals surface area contributed by atoms with E-state index in [1.165, 1.54) is 0 Å². The molecule has 0 bridgehead atoms. The van der Waals surface area contributed by atoms with E-state index in [2.05, 4.69) is 4.72 Å². The van der Waals surface area contributed by atoms with Gasteiger partial charge >= 0.3 is 0 Å². The summed E-state index contributed by atoms with van der Waals surface area (Å²) in [5.41, 5.74) is 5.14. The third kappa shape index (κ3) is 2.91. The van der Waals surface area contributed by atoms with Gasteiger partial charge in [0.25, 0.3) is 0 Å².